The average Bonchev–Trinajstić information content (AvgIpc) is 2.83. The fraction of sp³-hybridized carbons (Fsp3) is 0.200. The van der Waals surface area contributed by atoms with Gasteiger partial charge in [-0.15, -0.1) is 0 Å². The lowest BCUT2D eigenvalue weighted by atomic mass is 10.3. The number of hydrogen-bond donors (Lipinski definition) is 0. The molecule has 0 unspecified atom stereocenters. The summed E-state index contributed by atoms with van der Waals surface area (Å²) in [7, 11) is 1.34. The second kappa shape index (κ2) is 4.52. The van der Waals surface area contributed by atoms with Crippen molar-refractivity contribution >= 4 is 5.97 Å². The minimum absolute atomic E-state index is 0.0857. The van der Waals surface area contributed by atoms with Crippen molar-refractivity contribution in [3.8, 4) is 11.5 Å². The highest BCUT2D eigenvalue weighted by atomic mass is 16.5. The number of carbonyl (C=O) groups is 1. The van der Waals surface area contributed by atoms with Crippen molar-refractivity contribution in [2.24, 2.45) is 0 Å². The van der Waals surface area contributed by atoms with Crippen LogP contribution in [-0.2, 0) is 16.1 Å². The van der Waals surface area contributed by atoms with Gasteiger partial charge in [-0.3, -0.25) is 0 Å². The SMILES string of the molecule is COC(=O)C[n+]1ccc(-c2ncco2)cn1. The lowest BCUT2D eigenvalue weighted by Gasteiger charge is -1.94. The van der Waals surface area contributed by atoms with Gasteiger partial charge in [-0.25, -0.2) is 9.78 Å². The van der Waals surface area contributed by atoms with Crippen molar-refractivity contribution in [1.82, 2.24) is 10.1 Å². The fourth-order valence-corrected chi connectivity index (χ4v) is 1.17. The van der Waals surface area contributed by atoms with Crippen LogP contribution in [0.25, 0.3) is 11.5 Å². The Hall–Kier alpha value is -2.24. The molecule has 6 heteroatoms. The molecule has 0 saturated heterocycles. The Bertz CT molecular complexity index is 465. The van der Waals surface area contributed by atoms with E-state index in [4.69, 9.17) is 4.42 Å². The van der Waals surface area contributed by atoms with Gasteiger partial charge in [0.15, 0.2) is 6.20 Å². The number of carbonyl (C=O) groups excluding carboxylic acids is 1. The molecular formula is C10H10N3O3+. The van der Waals surface area contributed by atoms with Crippen molar-refractivity contribution in [2.75, 3.05) is 7.11 Å². The van der Waals surface area contributed by atoms with Gasteiger partial charge in [-0.05, 0) is 5.10 Å². The Morgan fingerprint density at radius 2 is 2.50 bits per heavy atom. The summed E-state index contributed by atoms with van der Waals surface area (Å²) < 4.78 is 11.1. The highest BCUT2D eigenvalue weighted by Gasteiger charge is 2.12. The number of aromatic nitrogens is 3. The normalized spacial score (nSPS) is 10.1. The quantitative estimate of drug-likeness (QED) is 0.545. The van der Waals surface area contributed by atoms with Gasteiger partial charge in [0, 0.05) is 6.07 Å². The first-order valence-corrected chi connectivity index (χ1v) is 4.62. The second-order valence-corrected chi connectivity index (χ2v) is 3.03. The smallest absolute Gasteiger partial charge is 0.374 e. The first-order valence-electron chi connectivity index (χ1n) is 4.62. The Labute approximate surface area is 91.5 Å². The predicted molar refractivity (Wildman–Crippen MR) is 51.9 cm³/mol. The van der Waals surface area contributed by atoms with E-state index in [1.807, 2.05) is 0 Å². The zero-order valence-electron chi connectivity index (χ0n) is 8.66. The van der Waals surface area contributed by atoms with Crippen LogP contribution in [0.4, 0.5) is 0 Å². The second-order valence-electron chi connectivity index (χ2n) is 3.03. The molecule has 2 aromatic rings. The molecule has 0 amide bonds. The molecule has 0 radical (unpaired) electrons. The van der Waals surface area contributed by atoms with Gasteiger partial charge in [-0.1, -0.05) is 4.68 Å². The van der Waals surface area contributed by atoms with E-state index in [1.165, 1.54) is 18.1 Å². The molecule has 0 spiro atoms. The standard InChI is InChI=1S/C10H10N3O3/c1-15-9(14)7-13-4-2-8(6-12-13)10-11-3-5-16-10/h2-6H,7H2,1H3/q+1. The molecule has 2 rings (SSSR count). The first kappa shape index (κ1) is 10.3. The zero-order valence-corrected chi connectivity index (χ0v) is 8.66. The maximum atomic E-state index is 11.0. The van der Waals surface area contributed by atoms with Crippen molar-refractivity contribution in [3.05, 3.63) is 30.9 Å². The van der Waals surface area contributed by atoms with Crippen LogP contribution in [0.1, 0.15) is 0 Å². The van der Waals surface area contributed by atoms with Crippen molar-refractivity contribution < 1.29 is 18.6 Å². The topological polar surface area (TPSA) is 69.1 Å². The Kier molecular flexibility index (Phi) is 2.90. The van der Waals surface area contributed by atoms with Crippen LogP contribution in [0.15, 0.2) is 35.3 Å². The number of nitrogens with zero attached hydrogens (tertiary/aromatic N) is 3. The van der Waals surface area contributed by atoms with Gasteiger partial charge in [0.25, 0.3) is 6.54 Å². The van der Waals surface area contributed by atoms with E-state index in [-0.39, 0.29) is 12.5 Å². The van der Waals surface area contributed by atoms with E-state index in [2.05, 4.69) is 14.8 Å². The molecule has 82 valence electrons. The third-order valence-electron chi connectivity index (χ3n) is 1.97. The number of ether oxygens (including phenoxy) is 1. The minimum atomic E-state index is -0.346. The predicted octanol–water partition coefficient (Wildman–Crippen LogP) is 0.197. The van der Waals surface area contributed by atoms with E-state index in [9.17, 15) is 4.79 Å². The summed E-state index contributed by atoms with van der Waals surface area (Å²) in [6.45, 7) is 0.0857. The van der Waals surface area contributed by atoms with Crippen LogP contribution >= 0.6 is 0 Å². The summed E-state index contributed by atoms with van der Waals surface area (Å²) in [5.41, 5.74) is 0.756. The van der Waals surface area contributed by atoms with E-state index in [1.54, 1.807) is 24.7 Å². The van der Waals surface area contributed by atoms with Crippen LogP contribution in [0, 0.1) is 0 Å². The third-order valence-corrected chi connectivity index (χ3v) is 1.97. The van der Waals surface area contributed by atoms with Crippen LogP contribution in [-0.4, -0.2) is 23.2 Å². The number of esters is 1. The van der Waals surface area contributed by atoms with E-state index in [0.717, 1.165) is 5.56 Å². The summed E-state index contributed by atoms with van der Waals surface area (Å²) in [6.07, 6.45) is 6.29. The Morgan fingerprint density at radius 1 is 1.62 bits per heavy atom. The van der Waals surface area contributed by atoms with Crippen molar-refractivity contribution in [1.29, 1.82) is 0 Å². The molecule has 0 saturated carbocycles. The monoisotopic (exact) mass is 220 g/mol. The molecular weight excluding hydrogens is 210 g/mol. The number of hydrogen-bond acceptors (Lipinski definition) is 5. The zero-order chi connectivity index (χ0) is 11.4. The first-order chi connectivity index (χ1) is 7.79. The van der Waals surface area contributed by atoms with Gasteiger partial charge < -0.3 is 9.15 Å². The highest BCUT2D eigenvalue weighted by molar-refractivity contribution is 5.67. The van der Waals surface area contributed by atoms with Gasteiger partial charge in [0.1, 0.15) is 12.5 Å². The fourth-order valence-electron chi connectivity index (χ4n) is 1.17. The molecule has 2 aromatic heterocycles. The molecule has 2 heterocycles. The Balaban J connectivity index is 2.14. The summed E-state index contributed by atoms with van der Waals surface area (Å²) in [6, 6.07) is 1.77. The number of rotatable bonds is 3. The molecule has 6 nitrogen and oxygen atoms in total. The van der Waals surface area contributed by atoms with Crippen LogP contribution in [0.2, 0.25) is 0 Å². The molecule has 16 heavy (non-hydrogen) atoms. The van der Waals surface area contributed by atoms with E-state index < -0.39 is 0 Å². The van der Waals surface area contributed by atoms with Gasteiger partial charge in [0.05, 0.1) is 18.9 Å². The van der Waals surface area contributed by atoms with Gasteiger partial charge in [-0.2, -0.15) is 0 Å². The summed E-state index contributed by atoms with van der Waals surface area (Å²) in [5, 5.41) is 4.04. The summed E-state index contributed by atoms with van der Waals surface area (Å²) in [4.78, 5) is 15.0. The van der Waals surface area contributed by atoms with Gasteiger partial charge in [0.2, 0.25) is 5.89 Å². The lowest BCUT2D eigenvalue weighted by molar-refractivity contribution is -0.743. The minimum Gasteiger partial charge on any atom is -0.464 e. The lowest BCUT2D eigenvalue weighted by Crippen LogP contribution is -2.41. The molecule has 0 bridgehead atoms. The van der Waals surface area contributed by atoms with Crippen LogP contribution in [0.3, 0.4) is 0 Å². The maximum Gasteiger partial charge on any atom is 0.374 e. The molecule has 0 aliphatic rings. The number of methoxy groups -OCH3 is 1. The largest absolute Gasteiger partial charge is 0.464 e. The molecule has 0 atom stereocenters. The maximum absolute atomic E-state index is 11.0. The van der Waals surface area contributed by atoms with Crippen LogP contribution < -0.4 is 4.68 Å². The van der Waals surface area contributed by atoms with E-state index in [0.29, 0.717) is 5.89 Å². The van der Waals surface area contributed by atoms with E-state index >= 15 is 0 Å². The molecule has 0 aliphatic carbocycles. The van der Waals surface area contributed by atoms with Crippen molar-refractivity contribution in [2.45, 2.75) is 6.54 Å². The molecule has 0 fully saturated rings. The van der Waals surface area contributed by atoms with Gasteiger partial charge >= 0.3 is 5.97 Å². The molecule has 0 aliphatic heterocycles. The van der Waals surface area contributed by atoms with Crippen molar-refractivity contribution in [3.63, 3.8) is 0 Å². The summed E-state index contributed by atoms with van der Waals surface area (Å²) >= 11 is 0. The Morgan fingerprint density at radius 3 is 3.06 bits per heavy atom. The summed E-state index contributed by atoms with van der Waals surface area (Å²) in [5.74, 6) is 0.152. The molecule has 0 N–H and O–H groups in total. The molecule has 0 aromatic carbocycles. The highest BCUT2D eigenvalue weighted by Crippen LogP contribution is 2.12. The van der Waals surface area contributed by atoms with Crippen LogP contribution in [0.5, 0.6) is 0 Å². The third kappa shape index (κ3) is 2.22. The average molecular weight is 220 g/mol. The number of oxazole rings is 1.